The van der Waals surface area contributed by atoms with Gasteiger partial charge in [-0.25, -0.2) is 0 Å². The molecule has 7 heteroatoms. The van der Waals surface area contributed by atoms with Crippen molar-refractivity contribution in [3.63, 3.8) is 0 Å². The lowest BCUT2D eigenvalue weighted by molar-refractivity contribution is -0.135. The molecule has 1 atom stereocenters. The lowest BCUT2D eigenvalue weighted by atomic mass is 10.2. The summed E-state index contributed by atoms with van der Waals surface area (Å²) in [5, 5.41) is 3.26. The van der Waals surface area contributed by atoms with Crippen LogP contribution in [0.4, 0.5) is 0 Å². The van der Waals surface area contributed by atoms with Crippen LogP contribution in [-0.2, 0) is 16.1 Å². The predicted octanol–water partition coefficient (Wildman–Crippen LogP) is 2.04. The predicted molar refractivity (Wildman–Crippen MR) is 91.7 cm³/mol. The van der Waals surface area contributed by atoms with Gasteiger partial charge in [-0.05, 0) is 18.1 Å². The zero-order valence-electron chi connectivity index (χ0n) is 12.9. The lowest BCUT2D eigenvalue weighted by Gasteiger charge is -2.27. The first-order valence-electron chi connectivity index (χ1n) is 7.28. The second-order valence-corrected chi connectivity index (χ2v) is 5.08. The number of ether oxygens (including phenoxy) is 1. The van der Waals surface area contributed by atoms with Gasteiger partial charge in [0.25, 0.3) is 0 Å². The van der Waals surface area contributed by atoms with Gasteiger partial charge in [-0.1, -0.05) is 13.0 Å². The number of morpholine rings is 1. The lowest BCUT2D eigenvalue weighted by Crippen LogP contribution is -2.42. The summed E-state index contributed by atoms with van der Waals surface area (Å²) in [6, 6.07) is 3.90. The summed E-state index contributed by atoms with van der Waals surface area (Å²) in [5.41, 5.74) is 1.07. The van der Waals surface area contributed by atoms with Gasteiger partial charge in [-0.3, -0.25) is 9.78 Å². The van der Waals surface area contributed by atoms with E-state index in [2.05, 4.69) is 17.2 Å². The van der Waals surface area contributed by atoms with E-state index in [1.165, 1.54) is 0 Å². The van der Waals surface area contributed by atoms with E-state index in [0.29, 0.717) is 19.6 Å². The summed E-state index contributed by atoms with van der Waals surface area (Å²) >= 11 is 0. The van der Waals surface area contributed by atoms with E-state index in [4.69, 9.17) is 4.74 Å². The molecule has 5 nitrogen and oxygen atoms in total. The van der Waals surface area contributed by atoms with Crippen LogP contribution in [0.25, 0.3) is 0 Å². The molecule has 22 heavy (non-hydrogen) atoms. The van der Waals surface area contributed by atoms with Gasteiger partial charge in [0.15, 0.2) is 0 Å². The number of nitrogens with zero attached hydrogens (tertiary/aromatic N) is 2. The second-order valence-electron chi connectivity index (χ2n) is 5.08. The summed E-state index contributed by atoms with van der Waals surface area (Å²) in [6.45, 7) is 5.81. The first kappa shape index (κ1) is 21.1. The number of nitrogens with one attached hydrogen (secondary N) is 1. The fourth-order valence-corrected chi connectivity index (χ4v) is 2.35. The Morgan fingerprint density at radius 1 is 1.50 bits per heavy atom. The van der Waals surface area contributed by atoms with Crippen molar-refractivity contribution in [1.29, 1.82) is 0 Å². The third-order valence-corrected chi connectivity index (χ3v) is 3.35. The molecule has 2 heterocycles. The number of amides is 1. The Labute approximate surface area is 144 Å². The highest BCUT2D eigenvalue weighted by Gasteiger charge is 2.21. The van der Waals surface area contributed by atoms with Crippen LogP contribution in [0.5, 0.6) is 0 Å². The van der Waals surface area contributed by atoms with E-state index in [1.807, 2.05) is 23.2 Å². The van der Waals surface area contributed by atoms with Gasteiger partial charge in [0.1, 0.15) is 0 Å². The Bertz CT molecular complexity index is 415. The van der Waals surface area contributed by atoms with Crippen LogP contribution >= 0.6 is 24.8 Å². The van der Waals surface area contributed by atoms with E-state index >= 15 is 0 Å². The minimum atomic E-state index is 0. The molecule has 1 aromatic heterocycles. The first-order valence-corrected chi connectivity index (χ1v) is 7.28. The van der Waals surface area contributed by atoms with Crippen molar-refractivity contribution in [3.8, 4) is 0 Å². The summed E-state index contributed by atoms with van der Waals surface area (Å²) < 4.78 is 5.60. The first-order chi connectivity index (χ1) is 9.79. The molecule has 0 aromatic carbocycles. The molecule has 0 saturated carbocycles. The second kappa shape index (κ2) is 11.7. The van der Waals surface area contributed by atoms with E-state index in [9.17, 15) is 4.79 Å². The van der Waals surface area contributed by atoms with Crippen LogP contribution < -0.4 is 5.32 Å². The number of aromatic nitrogens is 1. The number of pyridine rings is 1. The molecule has 2 rings (SSSR count). The Balaban J connectivity index is 0.00000220. The molecule has 1 aliphatic heterocycles. The fourth-order valence-electron chi connectivity index (χ4n) is 2.35. The third kappa shape index (κ3) is 6.92. The van der Waals surface area contributed by atoms with Crippen LogP contribution in [0.2, 0.25) is 0 Å². The van der Waals surface area contributed by atoms with Gasteiger partial charge < -0.3 is 15.0 Å². The Morgan fingerprint density at radius 3 is 2.91 bits per heavy atom. The van der Waals surface area contributed by atoms with Crippen molar-refractivity contribution in [2.45, 2.75) is 32.4 Å². The topological polar surface area (TPSA) is 54.5 Å². The van der Waals surface area contributed by atoms with Gasteiger partial charge >= 0.3 is 0 Å². The van der Waals surface area contributed by atoms with Crippen LogP contribution in [0.1, 0.15) is 25.3 Å². The Hall–Kier alpha value is -0.880. The average molecular weight is 350 g/mol. The van der Waals surface area contributed by atoms with E-state index in [1.54, 1.807) is 6.20 Å². The van der Waals surface area contributed by atoms with Crippen molar-refractivity contribution in [2.75, 3.05) is 26.2 Å². The standard InChI is InChI=1S/C15H23N3O2.2ClH/c1-2-7-18(12-13-4-3-5-16-10-13)15(19)9-14-11-17-6-8-20-14;;/h3-5,10,14,17H,2,6-9,11-12H2,1H3;2*1H. The van der Waals surface area contributed by atoms with Crippen molar-refractivity contribution in [3.05, 3.63) is 30.1 Å². The molecule has 1 aromatic rings. The highest BCUT2D eigenvalue weighted by molar-refractivity contribution is 5.85. The van der Waals surface area contributed by atoms with Crippen molar-refractivity contribution < 1.29 is 9.53 Å². The molecular formula is C15H25Cl2N3O2. The molecule has 0 spiro atoms. The van der Waals surface area contributed by atoms with E-state index in [0.717, 1.165) is 31.6 Å². The monoisotopic (exact) mass is 349 g/mol. The molecule has 1 amide bonds. The highest BCUT2D eigenvalue weighted by atomic mass is 35.5. The van der Waals surface area contributed by atoms with Gasteiger partial charge in [0.05, 0.1) is 19.1 Å². The third-order valence-electron chi connectivity index (χ3n) is 3.35. The smallest absolute Gasteiger partial charge is 0.225 e. The molecule has 1 saturated heterocycles. The zero-order chi connectivity index (χ0) is 14.2. The van der Waals surface area contributed by atoms with Crippen molar-refractivity contribution in [2.24, 2.45) is 0 Å². The number of rotatable bonds is 6. The van der Waals surface area contributed by atoms with Crippen LogP contribution in [0, 0.1) is 0 Å². The number of hydrogen-bond acceptors (Lipinski definition) is 4. The largest absolute Gasteiger partial charge is 0.375 e. The Morgan fingerprint density at radius 2 is 2.32 bits per heavy atom. The number of carbonyl (C=O) groups excluding carboxylic acids is 1. The molecular weight excluding hydrogens is 325 g/mol. The quantitative estimate of drug-likeness (QED) is 0.853. The fraction of sp³-hybridized carbons (Fsp3) is 0.600. The molecule has 0 aliphatic carbocycles. The number of halogens is 2. The molecule has 126 valence electrons. The number of hydrogen-bond donors (Lipinski definition) is 1. The minimum Gasteiger partial charge on any atom is -0.375 e. The van der Waals surface area contributed by atoms with Crippen LogP contribution in [0.15, 0.2) is 24.5 Å². The molecule has 0 bridgehead atoms. The van der Waals surface area contributed by atoms with Gasteiger partial charge in [0, 0.05) is 38.6 Å². The number of carbonyl (C=O) groups is 1. The zero-order valence-corrected chi connectivity index (χ0v) is 14.5. The summed E-state index contributed by atoms with van der Waals surface area (Å²) in [6.07, 6.45) is 4.97. The summed E-state index contributed by atoms with van der Waals surface area (Å²) in [5.74, 6) is 0.157. The molecule has 1 fully saturated rings. The maximum Gasteiger partial charge on any atom is 0.225 e. The van der Waals surface area contributed by atoms with Gasteiger partial charge in [0.2, 0.25) is 5.91 Å². The van der Waals surface area contributed by atoms with Crippen LogP contribution in [-0.4, -0.2) is 48.1 Å². The summed E-state index contributed by atoms with van der Waals surface area (Å²) in [4.78, 5) is 18.4. The summed E-state index contributed by atoms with van der Waals surface area (Å²) in [7, 11) is 0. The van der Waals surface area contributed by atoms with E-state index < -0.39 is 0 Å². The SMILES string of the molecule is CCCN(Cc1cccnc1)C(=O)CC1CNCCO1.Cl.Cl. The van der Waals surface area contributed by atoms with E-state index in [-0.39, 0.29) is 36.8 Å². The molecule has 1 unspecified atom stereocenters. The molecule has 1 aliphatic rings. The maximum atomic E-state index is 12.4. The maximum absolute atomic E-state index is 12.4. The van der Waals surface area contributed by atoms with Crippen molar-refractivity contribution >= 4 is 30.7 Å². The normalized spacial score (nSPS) is 17.0. The Kier molecular flexibility index (Phi) is 11.2. The molecule has 0 radical (unpaired) electrons. The van der Waals surface area contributed by atoms with Crippen molar-refractivity contribution in [1.82, 2.24) is 15.2 Å². The average Bonchev–Trinajstić information content (AvgIpc) is 2.49. The molecule has 1 N–H and O–H groups in total. The van der Waals surface area contributed by atoms with Gasteiger partial charge in [-0.15, -0.1) is 24.8 Å². The van der Waals surface area contributed by atoms with Crippen LogP contribution in [0.3, 0.4) is 0 Å². The highest BCUT2D eigenvalue weighted by Crippen LogP contribution is 2.09. The minimum absolute atomic E-state index is 0. The van der Waals surface area contributed by atoms with Gasteiger partial charge in [-0.2, -0.15) is 0 Å².